The minimum absolute atomic E-state index is 0.00197. The number of imide groups is 1. The van der Waals surface area contributed by atoms with Crippen molar-refractivity contribution in [3.63, 3.8) is 0 Å². The number of nitrogens with zero attached hydrogens (tertiary/aromatic N) is 4. The summed E-state index contributed by atoms with van der Waals surface area (Å²) in [4.78, 5) is 44.4. The van der Waals surface area contributed by atoms with E-state index in [1.807, 2.05) is 12.1 Å². The van der Waals surface area contributed by atoms with Gasteiger partial charge in [-0.2, -0.15) is 9.61 Å². The quantitative estimate of drug-likeness (QED) is 0.343. The highest BCUT2D eigenvalue weighted by molar-refractivity contribution is 8.04. The molecule has 1 unspecified atom stereocenters. The zero-order chi connectivity index (χ0) is 24.8. The molecule has 1 aliphatic carbocycles. The molecule has 3 fully saturated rings. The fraction of sp³-hybridized carbons (Fsp3) is 0.458. The number of aromatic nitrogens is 3. The number of amides is 4. The Morgan fingerprint density at radius 3 is 2.69 bits per heavy atom. The molecule has 36 heavy (non-hydrogen) atoms. The topological polar surface area (TPSA) is 133 Å². The van der Waals surface area contributed by atoms with Crippen molar-refractivity contribution in [2.75, 3.05) is 25.5 Å². The van der Waals surface area contributed by atoms with Crippen LogP contribution in [0.2, 0.25) is 0 Å². The Hall–Kier alpha value is -3.38. The van der Waals surface area contributed by atoms with Crippen molar-refractivity contribution >= 4 is 47.1 Å². The molecule has 1 atom stereocenters. The number of rotatable bonds is 6. The van der Waals surface area contributed by atoms with Gasteiger partial charge >= 0.3 is 6.03 Å². The van der Waals surface area contributed by atoms with Crippen LogP contribution in [0.1, 0.15) is 48.6 Å². The smallest absolute Gasteiger partial charge is 0.326 e. The number of hydrogen-bond donors (Lipinski definition) is 4. The fourth-order valence-electron chi connectivity index (χ4n) is 4.64. The maximum atomic E-state index is 12.9. The van der Waals surface area contributed by atoms with E-state index < -0.39 is 11.9 Å². The number of likely N-dealkylation sites (tertiary alicyclic amines) is 1. The third-order valence-corrected chi connectivity index (χ3v) is 8.19. The Bertz CT molecular complexity index is 1310. The Morgan fingerprint density at radius 1 is 1.17 bits per heavy atom. The van der Waals surface area contributed by atoms with Gasteiger partial charge in [-0.25, -0.2) is 9.78 Å². The summed E-state index contributed by atoms with van der Waals surface area (Å²) in [5.41, 5.74) is 2.21. The van der Waals surface area contributed by atoms with Gasteiger partial charge in [0.15, 0.2) is 5.65 Å². The summed E-state index contributed by atoms with van der Waals surface area (Å²) in [6, 6.07) is 2.07. The summed E-state index contributed by atoms with van der Waals surface area (Å²) in [7, 11) is 2.11. The number of piperidine rings is 1. The molecule has 0 aromatic carbocycles. The number of carbonyl (C=O) groups excluding carboxylic acids is 3. The summed E-state index contributed by atoms with van der Waals surface area (Å²) in [5.74, 6) is 0.335. The number of carbonyl (C=O) groups is 3. The average molecular weight is 509 g/mol. The first-order chi connectivity index (χ1) is 17.4. The molecule has 3 aliphatic heterocycles. The van der Waals surface area contributed by atoms with Crippen LogP contribution in [0.25, 0.3) is 11.7 Å². The third kappa shape index (κ3) is 4.70. The highest BCUT2D eigenvalue weighted by Crippen LogP contribution is 2.44. The second-order valence-electron chi connectivity index (χ2n) is 9.75. The Kier molecular flexibility index (Phi) is 5.92. The van der Waals surface area contributed by atoms with Crippen molar-refractivity contribution < 1.29 is 14.4 Å². The average Bonchev–Trinajstić information content (AvgIpc) is 3.24. The molecule has 4 aliphatic rings. The minimum atomic E-state index is -0.549. The van der Waals surface area contributed by atoms with Gasteiger partial charge in [0.25, 0.3) is 11.8 Å². The number of nitrogens with one attached hydrogen (secondary N) is 4. The molecule has 5 heterocycles. The van der Waals surface area contributed by atoms with Gasteiger partial charge in [-0.05, 0) is 58.3 Å². The molecule has 2 aromatic rings. The summed E-state index contributed by atoms with van der Waals surface area (Å²) in [5, 5.41) is 15.9. The normalized spacial score (nSPS) is 24.2. The zero-order valence-electron chi connectivity index (χ0n) is 19.9. The molecule has 4 amide bonds. The molecule has 188 valence electrons. The van der Waals surface area contributed by atoms with Crippen molar-refractivity contribution in [1.82, 2.24) is 35.4 Å². The fourth-order valence-corrected chi connectivity index (χ4v) is 5.74. The Morgan fingerprint density at radius 2 is 1.97 bits per heavy atom. The first-order valence-corrected chi connectivity index (χ1v) is 13.2. The first-order valence-electron chi connectivity index (χ1n) is 12.3. The standard InChI is InChI=1S/C24H28N8O3S/c1-31-8-6-15(7-9-31)27-23(34)19-5-4-18(36-19)16-11-20(26-14-2-3-14)32-21(28-16)13(12-25-32)10-17-22(33)30-24(35)29-17/h5,10-12,14-15,18,26H,2-4,6-9H2,1H3,(H,27,34)(H2,29,30,33,35)/b17-10-. The van der Waals surface area contributed by atoms with E-state index in [0.717, 1.165) is 55.2 Å². The highest BCUT2D eigenvalue weighted by atomic mass is 32.2. The van der Waals surface area contributed by atoms with E-state index >= 15 is 0 Å². The van der Waals surface area contributed by atoms with Crippen molar-refractivity contribution in [3.05, 3.63) is 40.2 Å². The number of urea groups is 1. The Balaban J connectivity index is 1.24. The van der Waals surface area contributed by atoms with Crippen LogP contribution in [0.5, 0.6) is 0 Å². The highest BCUT2D eigenvalue weighted by Gasteiger charge is 2.30. The lowest BCUT2D eigenvalue weighted by Crippen LogP contribution is -2.43. The second-order valence-corrected chi connectivity index (χ2v) is 11.0. The van der Waals surface area contributed by atoms with E-state index in [9.17, 15) is 14.4 Å². The number of anilines is 1. The lowest BCUT2D eigenvalue weighted by Gasteiger charge is -2.29. The molecule has 0 radical (unpaired) electrons. The summed E-state index contributed by atoms with van der Waals surface area (Å²) in [6.45, 7) is 1.99. The van der Waals surface area contributed by atoms with Gasteiger partial charge < -0.3 is 20.9 Å². The number of hydrogen-bond acceptors (Lipinski definition) is 8. The predicted molar refractivity (Wildman–Crippen MR) is 136 cm³/mol. The van der Waals surface area contributed by atoms with Gasteiger partial charge in [-0.15, -0.1) is 11.8 Å². The molecule has 11 nitrogen and oxygen atoms in total. The number of allylic oxidation sites excluding steroid dienone is 1. The molecular formula is C24H28N8O3S. The van der Waals surface area contributed by atoms with Crippen LogP contribution in [0.3, 0.4) is 0 Å². The van der Waals surface area contributed by atoms with Crippen LogP contribution in [0, 0.1) is 0 Å². The van der Waals surface area contributed by atoms with Gasteiger partial charge in [-0.1, -0.05) is 6.08 Å². The summed E-state index contributed by atoms with van der Waals surface area (Å²) >= 11 is 1.54. The molecule has 12 heteroatoms. The van der Waals surface area contributed by atoms with Gasteiger partial charge in [0.05, 0.1) is 22.0 Å². The van der Waals surface area contributed by atoms with Crippen LogP contribution in [0.15, 0.2) is 28.9 Å². The maximum Gasteiger partial charge on any atom is 0.326 e. The Labute approximate surface area is 212 Å². The summed E-state index contributed by atoms with van der Waals surface area (Å²) < 4.78 is 1.73. The second kappa shape index (κ2) is 9.25. The van der Waals surface area contributed by atoms with Crippen LogP contribution in [0.4, 0.5) is 10.6 Å². The monoisotopic (exact) mass is 508 g/mol. The van der Waals surface area contributed by atoms with Crippen LogP contribution >= 0.6 is 11.8 Å². The van der Waals surface area contributed by atoms with Crippen molar-refractivity contribution in [3.8, 4) is 0 Å². The number of thioether (sulfide) groups is 1. The molecule has 2 saturated heterocycles. The van der Waals surface area contributed by atoms with Crippen molar-refractivity contribution in [1.29, 1.82) is 0 Å². The van der Waals surface area contributed by atoms with E-state index in [4.69, 9.17) is 4.98 Å². The minimum Gasteiger partial charge on any atom is -0.367 e. The first kappa shape index (κ1) is 23.0. The van der Waals surface area contributed by atoms with Crippen LogP contribution < -0.4 is 21.3 Å². The van der Waals surface area contributed by atoms with Crippen molar-refractivity contribution in [2.24, 2.45) is 0 Å². The van der Waals surface area contributed by atoms with E-state index in [1.165, 1.54) is 11.8 Å². The summed E-state index contributed by atoms with van der Waals surface area (Å²) in [6.07, 6.45) is 10.1. The largest absolute Gasteiger partial charge is 0.367 e. The molecule has 0 bridgehead atoms. The van der Waals surface area contributed by atoms with Crippen LogP contribution in [-0.4, -0.2) is 69.6 Å². The van der Waals surface area contributed by atoms with E-state index in [2.05, 4.69) is 38.3 Å². The van der Waals surface area contributed by atoms with Gasteiger partial charge in [0.1, 0.15) is 11.5 Å². The lowest BCUT2D eigenvalue weighted by molar-refractivity contribution is -0.118. The van der Waals surface area contributed by atoms with E-state index in [-0.39, 0.29) is 22.9 Å². The SMILES string of the molecule is CN1CCC(NC(=O)C2=CCC(c3cc(NC4CC4)n4ncc(/C=C5\NC(=O)NC5=O)c4n3)S2)CC1. The van der Waals surface area contributed by atoms with Crippen molar-refractivity contribution in [2.45, 2.75) is 49.4 Å². The van der Waals surface area contributed by atoms with E-state index in [1.54, 1.807) is 16.8 Å². The molecule has 4 N–H and O–H groups in total. The number of fused-ring (bicyclic) bond motifs is 1. The lowest BCUT2D eigenvalue weighted by atomic mass is 10.1. The molecule has 6 rings (SSSR count). The molecule has 2 aromatic heterocycles. The van der Waals surface area contributed by atoms with E-state index in [0.29, 0.717) is 23.7 Å². The third-order valence-electron chi connectivity index (χ3n) is 6.86. The molecule has 1 saturated carbocycles. The van der Waals surface area contributed by atoms with Gasteiger partial charge in [0.2, 0.25) is 0 Å². The van der Waals surface area contributed by atoms with Gasteiger partial charge in [-0.3, -0.25) is 14.9 Å². The molecular weight excluding hydrogens is 480 g/mol. The zero-order valence-corrected chi connectivity index (χ0v) is 20.7. The van der Waals surface area contributed by atoms with Gasteiger partial charge in [0, 0.05) is 23.7 Å². The predicted octanol–water partition coefficient (Wildman–Crippen LogP) is 1.76. The molecule has 0 spiro atoms. The maximum absolute atomic E-state index is 12.9. The van der Waals surface area contributed by atoms with Crippen LogP contribution in [-0.2, 0) is 9.59 Å².